The average molecular weight is 350 g/mol. The predicted molar refractivity (Wildman–Crippen MR) is 77.3 cm³/mol. The minimum atomic E-state index is -4.13. The number of rotatable bonds is 3. The van der Waals surface area contributed by atoms with E-state index in [0.29, 0.717) is 19.3 Å². The standard InChI is InChI=1S/C15H19BrF3N/c16-11-5-3-4-10(8-11)9-14(20)12-6-1-2-7-13(12)15(17,18)19/h3-5,8,12-14H,1-2,6-7,9,20H2. The van der Waals surface area contributed by atoms with Crippen molar-refractivity contribution in [1.82, 2.24) is 0 Å². The maximum Gasteiger partial charge on any atom is 0.392 e. The quantitative estimate of drug-likeness (QED) is 0.841. The van der Waals surface area contributed by atoms with Crippen LogP contribution in [0.5, 0.6) is 0 Å². The molecule has 5 heteroatoms. The van der Waals surface area contributed by atoms with Gasteiger partial charge in [-0.25, -0.2) is 0 Å². The zero-order chi connectivity index (χ0) is 14.8. The van der Waals surface area contributed by atoms with Crippen LogP contribution in [0.15, 0.2) is 28.7 Å². The highest BCUT2D eigenvalue weighted by atomic mass is 79.9. The second-order valence-electron chi connectivity index (χ2n) is 5.59. The van der Waals surface area contributed by atoms with Gasteiger partial charge in [0.2, 0.25) is 0 Å². The van der Waals surface area contributed by atoms with Crippen LogP contribution in [0.3, 0.4) is 0 Å². The average Bonchev–Trinajstić information content (AvgIpc) is 2.37. The van der Waals surface area contributed by atoms with Gasteiger partial charge in [0.25, 0.3) is 0 Å². The van der Waals surface area contributed by atoms with Gasteiger partial charge >= 0.3 is 6.18 Å². The Kier molecular flexibility index (Phi) is 5.13. The van der Waals surface area contributed by atoms with Crippen molar-refractivity contribution in [3.63, 3.8) is 0 Å². The molecule has 1 aliphatic rings. The van der Waals surface area contributed by atoms with Crippen LogP contribution in [-0.2, 0) is 6.42 Å². The third-order valence-corrected chi connectivity index (χ3v) is 4.64. The van der Waals surface area contributed by atoms with Gasteiger partial charge in [0.15, 0.2) is 0 Å². The Labute approximate surface area is 125 Å². The van der Waals surface area contributed by atoms with Crippen LogP contribution in [0.25, 0.3) is 0 Å². The summed E-state index contributed by atoms with van der Waals surface area (Å²) >= 11 is 3.37. The summed E-state index contributed by atoms with van der Waals surface area (Å²) in [7, 11) is 0. The van der Waals surface area contributed by atoms with Crippen LogP contribution in [0.2, 0.25) is 0 Å². The van der Waals surface area contributed by atoms with Crippen molar-refractivity contribution in [2.45, 2.75) is 44.3 Å². The van der Waals surface area contributed by atoms with Crippen molar-refractivity contribution in [3.8, 4) is 0 Å². The van der Waals surface area contributed by atoms with E-state index in [1.165, 1.54) is 0 Å². The van der Waals surface area contributed by atoms with Crippen LogP contribution < -0.4 is 5.73 Å². The Hall–Kier alpha value is -0.550. The summed E-state index contributed by atoms with van der Waals surface area (Å²) in [6.45, 7) is 0. The van der Waals surface area contributed by atoms with E-state index in [9.17, 15) is 13.2 Å². The first-order valence-corrected chi connectivity index (χ1v) is 7.74. The fraction of sp³-hybridized carbons (Fsp3) is 0.600. The van der Waals surface area contributed by atoms with Crippen molar-refractivity contribution < 1.29 is 13.2 Å². The van der Waals surface area contributed by atoms with Crippen LogP contribution in [0, 0.1) is 11.8 Å². The summed E-state index contributed by atoms with van der Waals surface area (Å²) in [5, 5.41) is 0. The Morgan fingerprint density at radius 1 is 1.25 bits per heavy atom. The lowest BCUT2D eigenvalue weighted by Crippen LogP contribution is -2.44. The molecule has 0 bridgehead atoms. The molecule has 0 aliphatic heterocycles. The molecule has 0 spiro atoms. The summed E-state index contributed by atoms with van der Waals surface area (Å²) in [6.07, 6.45) is -1.32. The molecule has 0 aromatic heterocycles. The number of benzene rings is 1. The lowest BCUT2D eigenvalue weighted by atomic mass is 9.73. The minimum absolute atomic E-state index is 0.223. The summed E-state index contributed by atoms with van der Waals surface area (Å²) in [4.78, 5) is 0. The Bertz CT molecular complexity index is 447. The Morgan fingerprint density at radius 3 is 2.60 bits per heavy atom. The van der Waals surface area contributed by atoms with Gasteiger partial charge in [0, 0.05) is 10.5 Å². The van der Waals surface area contributed by atoms with E-state index in [4.69, 9.17) is 5.73 Å². The summed E-state index contributed by atoms with van der Waals surface area (Å²) in [6, 6.07) is 7.18. The van der Waals surface area contributed by atoms with Gasteiger partial charge in [-0.2, -0.15) is 13.2 Å². The van der Waals surface area contributed by atoms with E-state index in [-0.39, 0.29) is 6.42 Å². The van der Waals surface area contributed by atoms with E-state index >= 15 is 0 Å². The largest absolute Gasteiger partial charge is 0.392 e. The molecule has 0 saturated heterocycles. The SMILES string of the molecule is NC(Cc1cccc(Br)c1)C1CCCCC1C(F)(F)F. The molecule has 1 aromatic carbocycles. The highest BCUT2D eigenvalue weighted by Crippen LogP contribution is 2.42. The molecule has 3 atom stereocenters. The second kappa shape index (κ2) is 6.48. The molecular weight excluding hydrogens is 331 g/mol. The van der Waals surface area contributed by atoms with Crippen molar-refractivity contribution >= 4 is 15.9 Å². The highest BCUT2D eigenvalue weighted by molar-refractivity contribution is 9.10. The lowest BCUT2D eigenvalue weighted by molar-refractivity contribution is -0.198. The number of hydrogen-bond donors (Lipinski definition) is 1. The molecule has 112 valence electrons. The van der Waals surface area contributed by atoms with Gasteiger partial charge in [0.1, 0.15) is 0 Å². The summed E-state index contributed by atoms with van der Waals surface area (Å²) < 4.78 is 40.2. The fourth-order valence-electron chi connectivity index (χ4n) is 3.17. The van der Waals surface area contributed by atoms with E-state index in [1.807, 2.05) is 24.3 Å². The van der Waals surface area contributed by atoms with Crippen LogP contribution in [0.4, 0.5) is 13.2 Å². The van der Waals surface area contributed by atoms with Gasteiger partial charge in [0.05, 0.1) is 5.92 Å². The molecule has 2 N–H and O–H groups in total. The van der Waals surface area contributed by atoms with E-state index < -0.39 is 24.1 Å². The lowest BCUT2D eigenvalue weighted by Gasteiger charge is -2.36. The third-order valence-electron chi connectivity index (χ3n) is 4.15. The van der Waals surface area contributed by atoms with Gasteiger partial charge < -0.3 is 5.73 Å². The molecule has 0 heterocycles. The van der Waals surface area contributed by atoms with Crippen LogP contribution in [-0.4, -0.2) is 12.2 Å². The molecule has 3 unspecified atom stereocenters. The monoisotopic (exact) mass is 349 g/mol. The molecule has 0 amide bonds. The van der Waals surface area contributed by atoms with Gasteiger partial charge in [-0.3, -0.25) is 0 Å². The van der Waals surface area contributed by atoms with Crippen molar-refractivity contribution in [1.29, 1.82) is 0 Å². The maximum atomic E-state index is 13.1. The molecule has 20 heavy (non-hydrogen) atoms. The molecular formula is C15H19BrF3N. The smallest absolute Gasteiger partial charge is 0.327 e. The Balaban J connectivity index is 2.08. The number of hydrogen-bond acceptors (Lipinski definition) is 1. The molecule has 0 radical (unpaired) electrons. The number of halogens is 4. The van der Waals surface area contributed by atoms with Gasteiger partial charge in [-0.05, 0) is 42.9 Å². The first kappa shape index (κ1) is 15.8. The molecule has 1 aliphatic carbocycles. The zero-order valence-corrected chi connectivity index (χ0v) is 12.8. The van der Waals surface area contributed by atoms with E-state index in [2.05, 4.69) is 15.9 Å². The predicted octanol–water partition coefficient (Wildman–Crippen LogP) is 4.69. The first-order chi connectivity index (χ1) is 9.38. The molecule has 1 aromatic rings. The highest BCUT2D eigenvalue weighted by Gasteiger charge is 2.47. The van der Waals surface area contributed by atoms with Crippen LogP contribution >= 0.6 is 15.9 Å². The molecule has 1 fully saturated rings. The number of alkyl halides is 3. The van der Waals surface area contributed by atoms with Crippen molar-refractivity contribution in [2.75, 3.05) is 0 Å². The summed E-state index contributed by atoms with van der Waals surface area (Å²) in [5.74, 6) is -1.69. The second-order valence-corrected chi connectivity index (χ2v) is 6.51. The Morgan fingerprint density at radius 2 is 1.95 bits per heavy atom. The maximum absolute atomic E-state index is 13.1. The fourth-order valence-corrected chi connectivity index (χ4v) is 3.61. The zero-order valence-electron chi connectivity index (χ0n) is 11.2. The van der Waals surface area contributed by atoms with Crippen LogP contribution in [0.1, 0.15) is 31.2 Å². The minimum Gasteiger partial charge on any atom is -0.327 e. The van der Waals surface area contributed by atoms with Crippen molar-refractivity contribution in [3.05, 3.63) is 34.3 Å². The van der Waals surface area contributed by atoms with E-state index in [0.717, 1.165) is 16.5 Å². The van der Waals surface area contributed by atoms with Crippen molar-refractivity contribution in [2.24, 2.45) is 17.6 Å². The van der Waals surface area contributed by atoms with E-state index in [1.54, 1.807) is 0 Å². The summed E-state index contributed by atoms with van der Waals surface area (Å²) in [5.41, 5.74) is 7.09. The normalized spacial score (nSPS) is 25.4. The molecule has 1 saturated carbocycles. The molecule has 1 nitrogen and oxygen atoms in total. The van der Waals surface area contributed by atoms with Gasteiger partial charge in [-0.1, -0.05) is 40.9 Å². The first-order valence-electron chi connectivity index (χ1n) is 6.94. The third kappa shape index (κ3) is 3.98. The molecule has 2 rings (SSSR count). The topological polar surface area (TPSA) is 26.0 Å². The number of nitrogens with two attached hydrogens (primary N) is 1. The van der Waals surface area contributed by atoms with Gasteiger partial charge in [-0.15, -0.1) is 0 Å².